The Morgan fingerprint density at radius 3 is 2.44 bits per heavy atom. The Kier molecular flexibility index (Phi) is 3.69. The summed E-state index contributed by atoms with van der Waals surface area (Å²) in [6.07, 6.45) is -4.72. The topological polar surface area (TPSA) is 24.1 Å². The molecule has 16 heavy (non-hydrogen) atoms. The second-order valence-electron chi connectivity index (χ2n) is 2.90. The van der Waals surface area contributed by atoms with Crippen molar-refractivity contribution in [2.24, 2.45) is 0 Å². The first kappa shape index (κ1) is 12.7. The molecule has 1 aromatic carbocycles. The Balaban J connectivity index is 3.03. The maximum absolute atomic E-state index is 12.9. The average molecular weight is 252 g/mol. The summed E-state index contributed by atoms with van der Waals surface area (Å²) in [5.74, 6) is -1.31. The molecule has 1 rings (SSSR count). The summed E-state index contributed by atoms with van der Waals surface area (Å²) in [5, 5.41) is 5.17. The zero-order valence-electron chi connectivity index (χ0n) is 8.15. The highest BCUT2D eigenvalue weighted by Gasteiger charge is 2.34. The summed E-state index contributed by atoms with van der Waals surface area (Å²) >= 11 is 4.71. The van der Waals surface area contributed by atoms with Crippen LogP contribution in [0, 0.1) is 5.82 Å². The maximum atomic E-state index is 12.9. The highest BCUT2D eigenvalue weighted by Crippen LogP contribution is 2.32. The largest absolute Gasteiger partial charge is 0.419 e. The lowest BCUT2D eigenvalue weighted by Crippen LogP contribution is -2.24. The van der Waals surface area contributed by atoms with Gasteiger partial charge in [-0.3, -0.25) is 0 Å². The SMILES string of the molecule is CNC(=S)Nc1ccc(F)c(C(F)(F)F)c1. The first-order valence-electron chi connectivity index (χ1n) is 4.20. The molecule has 0 bridgehead atoms. The van der Waals surface area contributed by atoms with Crippen LogP contribution in [-0.4, -0.2) is 12.2 Å². The van der Waals surface area contributed by atoms with Crippen LogP contribution in [0.4, 0.5) is 23.2 Å². The van der Waals surface area contributed by atoms with E-state index in [1.165, 1.54) is 13.1 Å². The lowest BCUT2D eigenvalue weighted by atomic mass is 10.2. The monoisotopic (exact) mass is 252 g/mol. The fourth-order valence-electron chi connectivity index (χ4n) is 1.01. The van der Waals surface area contributed by atoms with E-state index in [2.05, 4.69) is 10.6 Å². The molecule has 88 valence electrons. The highest BCUT2D eigenvalue weighted by molar-refractivity contribution is 7.80. The minimum atomic E-state index is -4.72. The minimum Gasteiger partial charge on any atom is -0.366 e. The summed E-state index contributed by atoms with van der Waals surface area (Å²) < 4.78 is 49.9. The number of benzene rings is 1. The van der Waals surface area contributed by atoms with Gasteiger partial charge < -0.3 is 10.6 Å². The van der Waals surface area contributed by atoms with Gasteiger partial charge in [0.2, 0.25) is 0 Å². The van der Waals surface area contributed by atoms with Gasteiger partial charge >= 0.3 is 6.18 Å². The number of alkyl halides is 3. The van der Waals surface area contributed by atoms with Crippen LogP contribution in [0.2, 0.25) is 0 Å². The fraction of sp³-hybridized carbons (Fsp3) is 0.222. The van der Waals surface area contributed by atoms with Crippen molar-refractivity contribution in [1.82, 2.24) is 5.32 Å². The Labute approximate surface area is 94.6 Å². The van der Waals surface area contributed by atoms with Gasteiger partial charge in [-0.05, 0) is 30.4 Å². The van der Waals surface area contributed by atoms with Gasteiger partial charge in [-0.15, -0.1) is 0 Å². The summed E-state index contributed by atoms with van der Waals surface area (Å²) in [4.78, 5) is 0. The molecule has 7 heteroatoms. The molecular weight excluding hydrogens is 244 g/mol. The van der Waals surface area contributed by atoms with Gasteiger partial charge in [0.1, 0.15) is 5.82 Å². The molecule has 0 aliphatic heterocycles. The van der Waals surface area contributed by atoms with Crippen molar-refractivity contribution in [3.05, 3.63) is 29.6 Å². The quantitative estimate of drug-likeness (QED) is 0.593. The lowest BCUT2D eigenvalue weighted by molar-refractivity contribution is -0.139. The normalized spacial score (nSPS) is 11.1. The van der Waals surface area contributed by atoms with E-state index >= 15 is 0 Å². The Hall–Kier alpha value is -1.37. The molecule has 0 atom stereocenters. The summed E-state index contributed by atoms with van der Waals surface area (Å²) in [6, 6.07) is 2.58. The van der Waals surface area contributed by atoms with Crippen LogP contribution >= 0.6 is 12.2 Å². The van der Waals surface area contributed by atoms with Gasteiger partial charge in [0.15, 0.2) is 5.11 Å². The van der Waals surface area contributed by atoms with Crippen LogP contribution in [0.25, 0.3) is 0 Å². The van der Waals surface area contributed by atoms with Crippen LogP contribution < -0.4 is 10.6 Å². The summed E-state index contributed by atoms with van der Waals surface area (Å²) in [6.45, 7) is 0. The predicted molar refractivity (Wildman–Crippen MR) is 56.7 cm³/mol. The number of anilines is 1. The lowest BCUT2D eigenvalue weighted by Gasteiger charge is -2.11. The molecule has 0 fully saturated rings. The van der Waals surface area contributed by atoms with Gasteiger partial charge in [-0.25, -0.2) is 4.39 Å². The van der Waals surface area contributed by atoms with E-state index in [1.807, 2.05) is 0 Å². The molecule has 0 amide bonds. The number of thiocarbonyl (C=S) groups is 1. The van der Waals surface area contributed by atoms with Gasteiger partial charge in [-0.2, -0.15) is 13.2 Å². The van der Waals surface area contributed by atoms with Crippen LogP contribution in [-0.2, 0) is 6.18 Å². The Morgan fingerprint density at radius 1 is 1.31 bits per heavy atom. The number of nitrogens with one attached hydrogen (secondary N) is 2. The molecule has 2 N–H and O–H groups in total. The van der Waals surface area contributed by atoms with Crippen molar-refractivity contribution in [2.45, 2.75) is 6.18 Å². The van der Waals surface area contributed by atoms with E-state index < -0.39 is 17.6 Å². The zero-order chi connectivity index (χ0) is 12.3. The van der Waals surface area contributed by atoms with Gasteiger partial charge in [0.25, 0.3) is 0 Å². The zero-order valence-corrected chi connectivity index (χ0v) is 8.97. The third-order valence-corrected chi connectivity index (χ3v) is 2.06. The molecule has 0 saturated heterocycles. The van der Waals surface area contributed by atoms with E-state index in [4.69, 9.17) is 12.2 Å². The second-order valence-corrected chi connectivity index (χ2v) is 3.30. The van der Waals surface area contributed by atoms with E-state index in [1.54, 1.807) is 0 Å². The first-order chi connectivity index (χ1) is 7.34. The number of rotatable bonds is 1. The first-order valence-corrected chi connectivity index (χ1v) is 4.61. The van der Waals surface area contributed by atoms with Gasteiger partial charge in [0.05, 0.1) is 5.56 Å². The van der Waals surface area contributed by atoms with Gasteiger partial charge in [-0.1, -0.05) is 0 Å². The Morgan fingerprint density at radius 2 is 1.94 bits per heavy atom. The van der Waals surface area contributed by atoms with Crippen molar-refractivity contribution in [3.63, 3.8) is 0 Å². The molecule has 2 nitrogen and oxygen atoms in total. The molecule has 0 aliphatic rings. The number of hydrogen-bond donors (Lipinski definition) is 2. The molecule has 0 unspecified atom stereocenters. The molecular formula is C9H8F4N2S. The van der Waals surface area contributed by atoms with Crippen molar-refractivity contribution < 1.29 is 17.6 Å². The van der Waals surface area contributed by atoms with Crippen LogP contribution in [0.5, 0.6) is 0 Å². The van der Waals surface area contributed by atoms with Crippen molar-refractivity contribution >= 4 is 23.0 Å². The highest BCUT2D eigenvalue weighted by atomic mass is 32.1. The standard InChI is InChI=1S/C9H8F4N2S/c1-14-8(16)15-5-2-3-7(10)6(4-5)9(11,12)13/h2-4H,1H3,(H2,14,15,16). The molecule has 0 saturated carbocycles. The molecule has 0 spiro atoms. The molecule has 0 aromatic heterocycles. The smallest absolute Gasteiger partial charge is 0.366 e. The van der Waals surface area contributed by atoms with Crippen molar-refractivity contribution in [3.8, 4) is 0 Å². The summed E-state index contributed by atoms with van der Waals surface area (Å²) in [5.41, 5.74) is -1.25. The molecule has 0 aliphatic carbocycles. The number of halogens is 4. The number of hydrogen-bond acceptors (Lipinski definition) is 1. The van der Waals surface area contributed by atoms with E-state index in [0.29, 0.717) is 6.07 Å². The van der Waals surface area contributed by atoms with Crippen molar-refractivity contribution in [1.29, 1.82) is 0 Å². The van der Waals surface area contributed by atoms with Crippen molar-refractivity contribution in [2.75, 3.05) is 12.4 Å². The van der Waals surface area contributed by atoms with Gasteiger partial charge in [0, 0.05) is 12.7 Å². The Bertz CT molecular complexity index is 403. The van der Waals surface area contributed by atoms with E-state index in [0.717, 1.165) is 6.07 Å². The second kappa shape index (κ2) is 4.65. The fourth-order valence-corrected chi connectivity index (χ4v) is 1.13. The maximum Gasteiger partial charge on any atom is 0.419 e. The van der Waals surface area contributed by atoms with Crippen LogP contribution in [0.1, 0.15) is 5.56 Å². The minimum absolute atomic E-state index is 0.0769. The van der Waals surface area contributed by atoms with Crippen LogP contribution in [0.15, 0.2) is 18.2 Å². The molecule has 0 radical (unpaired) electrons. The molecule has 0 heterocycles. The predicted octanol–water partition coefficient (Wildman–Crippen LogP) is 2.76. The summed E-state index contributed by atoms with van der Waals surface area (Å²) in [7, 11) is 1.52. The third kappa shape index (κ3) is 3.06. The third-order valence-electron chi connectivity index (χ3n) is 1.76. The van der Waals surface area contributed by atoms with Crippen LogP contribution in [0.3, 0.4) is 0 Å². The van der Waals surface area contributed by atoms with E-state index in [9.17, 15) is 17.6 Å². The van der Waals surface area contributed by atoms with E-state index in [-0.39, 0.29) is 10.8 Å². The molecule has 1 aromatic rings. The average Bonchev–Trinajstić information content (AvgIpc) is 2.19.